The molecular weight excluding hydrogens is 100 g/mol. The summed E-state index contributed by atoms with van der Waals surface area (Å²) in [5, 5.41) is 0. The number of hydrogen-bond acceptors (Lipinski definition) is 1. The van der Waals surface area contributed by atoms with Gasteiger partial charge in [0, 0.05) is 5.92 Å². The summed E-state index contributed by atoms with van der Waals surface area (Å²) in [6.45, 7) is 2.14. The van der Waals surface area contributed by atoms with E-state index in [9.17, 15) is 4.79 Å². The fraction of sp³-hybridized carbons (Fsp3) is 0.571. The lowest BCUT2D eigenvalue weighted by Crippen LogP contribution is -1.92. The van der Waals surface area contributed by atoms with Crippen LogP contribution in [0, 0.1) is 17.8 Å². The van der Waals surface area contributed by atoms with E-state index in [2.05, 4.69) is 6.92 Å². The molecule has 1 nitrogen and oxygen atoms in total. The Bertz CT molecular complexity index is 169. The molecule has 2 rings (SSSR count). The fourth-order valence-corrected chi connectivity index (χ4v) is 1.55. The Morgan fingerprint density at radius 3 is 2.62 bits per heavy atom. The molecule has 0 aromatic rings. The molecular formula is C7H8O. The van der Waals surface area contributed by atoms with Crippen molar-refractivity contribution in [1.29, 1.82) is 0 Å². The van der Waals surface area contributed by atoms with Crippen LogP contribution in [0.5, 0.6) is 0 Å². The molecule has 0 aromatic heterocycles. The molecule has 2 aliphatic carbocycles. The van der Waals surface area contributed by atoms with E-state index in [4.69, 9.17) is 0 Å². The fourth-order valence-electron chi connectivity index (χ4n) is 1.55. The number of carbonyl (C=O) groups excluding carboxylic acids is 1. The molecule has 3 atom stereocenters. The van der Waals surface area contributed by atoms with Gasteiger partial charge in [-0.25, -0.2) is 0 Å². The summed E-state index contributed by atoms with van der Waals surface area (Å²) in [7, 11) is 0. The summed E-state index contributed by atoms with van der Waals surface area (Å²) in [6.07, 6.45) is 3.76. The largest absolute Gasteiger partial charge is 0.295 e. The van der Waals surface area contributed by atoms with Crippen molar-refractivity contribution in [3.8, 4) is 0 Å². The van der Waals surface area contributed by atoms with E-state index in [-0.39, 0.29) is 0 Å². The van der Waals surface area contributed by atoms with Gasteiger partial charge in [0.2, 0.25) is 0 Å². The lowest BCUT2D eigenvalue weighted by Gasteiger charge is -1.82. The predicted octanol–water partition coefficient (Wildman–Crippen LogP) is 1.01. The van der Waals surface area contributed by atoms with Crippen LogP contribution in [-0.4, -0.2) is 5.78 Å². The average molecular weight is 108 g/mol. The molecule has 0 aliphatic heterocycles. The second-order valence-electron chi connectivity index (χ2n) is 2.72. The molecule has 1 heteroatoms. The molecule has 0 aromatic carbocycles. The van der Waals surface area contributed by atoms with Gasteiger partial charge in [-0.1, -0.05) is 13.0 Å². The van der Waals surface area contributed by atoms with Crippen molar-refractivity contribution < 1.29 is 4.79 Å². The number of fused-ring (bicyclic) bond motifs is 1. The third kappa shape index (κ3) is 0.310. The molecule has 1 saturated carbocycles. The monoisotopic (exact) mass is 108 g/mol. The van der Waals surface area contributed by atoms with E-state index in [1.165, 1.54) is 0 Å². The van der Waals surface area contributed by atoms with E-state index in [0.29, 0.717) is 23.5 Å². The minimum absolute atomic E-state index is 0.350. The minimum atomic E-state index is 0.350. The van der Waals surface area contributed by atoms with Crippen LogP contribution in [0.1, 0.15) is 6.92 Å². The molecule has 0 saturated heterocycles. The molecule has 0 bridgehead atoms. The second-order valence-corrected chi connectivity index (χ2v) is 2.72. The number of carbonyl (C=O) groups is 1. The van der Waals surface area contributed by atoms with Gasteiger partial charge in [0.15, 0.2) is 5.78 Å². The first-order valence-electron chi connectivity index (χ1n) is 3.03. The molecule has 0 spiro atoms. The van der Waals surface area contributed by atoms with Crippen LogP contribution in [0.25, 0.3) is 0 Å². The van der Waals surface area contributed by atoms with Crippen molar-refractivity contribution in [2.45, 2.75) is 6.92 Å². The topological polar surface area (TPSA) is 17.1 Å². The van der Waals surface area contributed by atoms with Crippen LogP contribution in [0.15, 0.2) is 12.2 Å². The maximum Gasteiger partial charge on any atom is 0.159 e. The van der Waals surface area contributed by atoms with E-state index < -0.39 is 0 Å². The molecule has 1 fully saturated rings. The van der Waals surface area contributed by atoms with Gasteiger partial charge in [-0.3, -0.25) is 4.79 Å². The molecule has 8 heavy (non-hydrogen) atoms. The maximum absolute atomic E-state index is 10.7. The first-order chi connectivity index (χ1) is 3.80. The molecule has 0 amide bonds. The minimum Gasteiger partial charge on any atom is -0.295 e. The normalized spacial score (nSPS) is 49.6. The highest BCUT2D eigenvalue weighted by molar-refractivity contribution is 5.97. The van der Waals surface area contributed by atoms with Gasteiger partial charge in [-0.15, -0.1) is 0 Å². The Balaban J connectivity index is 2.29. The molecule has 3 unspecified atom stereocenters. The van der Waals surface area contributed by atoms with Crippen LogP contribution in [0.4, 0.5) is 0 Å². The number of rotatable bonds is 0. The van der Waals surface area contributed by atoms with Crippen LogP contribution >= 0.6 is 0 Å². The molecule has 2 aliphatic rings. The van der Waals surface area contributed by atoms with E-state index in [1.807, 2.05) is 6.08 Å². The van der Waals surface area contributed by atoms with Gasteiger partial charge in [0.1, 0.15) is 0 Å². The quantitative estimate of drug-likeness (QED) is 0.452. The smallest absolute Gasteiger partial charge is 0.159 e. The Morgan fingerprint density at radius 2 is 2.38 bits per heavy atom. The van der Waals surface area contributed by atoms with Gasteiger partial charge >= 0.3 is 0 Å². The van der Waals surface area contributed by atoms with E-state index >= 15 is 0 Å². The number of allylic oxidation sites excluding steroid dienone is 2. The zero-order valence-electron chi connectivity index (χ0n) is 4.79. The van der Waals surface area contributed by atoms with Crippen molar-refractivity contribution in [2.75, 3.05) is 0 Å². The first kappa shape index (κ1) is 4.30. The Kier molecular flexibility index (Phi) is 0.561. The van der Waals surface area contributed by atoms with Gasteiger partial charge in [0.25, 0.3) is 0 Å². The molecule has 0 N–H and O–H groups in total. The van der Waals surface area contributed by atoms with Crippen LogP contribution < -0.4 is 0 Å². The average Bonchev–Trinajstić information content (AvgIpc) is 2.13. The highest BCUT2D eigenvalue weighted by atomic mass is 16.1. The number of ketones is 1. The van der Waals surface area contributed by atoms with E-state index in [0.717, 1.165) is 0 Å². The highest BCUT2D eigenvalue weighted by Crippen LogP contribution is 2.51. The van der Waals surface area contributed by atoms with Crippen molar-refractivity contribution in [3.63, 3.8) is 0 Å². The molecule has 0 radical (unpaired) electrons. The Hall–Kier alpha value is -0.590. The van der Waals surface area contributed by atoms with Crippen molar-refractivity contribution in [1.82, 2.24) is 0 Å². The summed E-state index contributed by atoms with van der Waals surface area (Å²) < 4.78 is 0. The van der Waals surface area contributed by atoms with Crippen molar-refractivity contribution in [2.24, 2.45) is 17.8 Å². The van der Waals surface area contributed by atoms with Gasteiger partial charge in [0.05, 0.1) is 0 Å². The van der Waals surface area contributed by atoms with Gasteiger partial charge in [-0.2, -0.15) is 0 Å². The standard InChI is InChI=1S/C7H8O/c1-4-5-2-3-6(8)7(4)5/h2-5,7H,1H3. The van der Waals surface area contributed by atoms with Crippen molar-refractivity contribution in [3.05, 3.63) is 12.2 Å². The van der Waals surface area contributed by atoms with Crippen LogP contribution in [0.3, 0.4) is 0 Å². The van der Waals surface area contributed by atoms with Crippen LogP contribution in [0.2, 0.25) is 0 Å². The predicted molar refractivity (Wildman–Crippen MR) is 30.3 cm³/mol. The summed E-state index contributed by atoms with van der Waals surface area (Å²) >= 11 is 0. The summed E-state index contributed by atoms with van der Waals surface area (Å²) in [5.74, 6) is 2.03. The summed E-state index contributed by atoms with van der Waals surface area (Å²) in [6, 6.07) is 0. The lowest BCUT2D eigenvalue weighted by molar-refractivity contribution is -0.115. The lowest BCUT2D eigenvalue weighted by atomic mass is 10.2. The zero-order chi connectivity index (χ0) is 5.72. The Morgan fingerprint density at radius 1 is 1.62 bits per heavy atom. The van der Waals surface area contributed by atoms with Crippen molar-refractivity contribution >= 4 is 5.78 Å². The van der Waals surface area contributed by atoms with Gasteiger partial charge < -0.3 is 0 Å². The van der Waals surface area contributed by atoms with Gasteiger partial charge in [-0.05, 0) is 17.9 Å². The second kappa shape index (κ2) is 1.04. The SMILES string of the molecule is CC1C2C=CC(=O)C12. The third-order valence-corrected chi connectivity index (χ3v) is 2.26. The Labute approximate surface area is 48.4 Å². The summed E-state index contributed by atoms with van der Waals surface area (Å²) in [4.78, 5) is 10.7. The molecule has 42 valence electrons. The van der Waals surface area contributed by atoms with E-state index in [1.54, 1.807) is 6.08 Å². The molecule has 0 heterocycles. The summed E-state index contributed by atoms with van der Waals surface area (Å²) in [5.41, 5.74) is 0. The maximum atomic E-state index is 10.7. The number of hydrogen-bond donors (Lipinski definition) is 0. The zero-order valence-corrected chi connectivity index (χ0v) is 4.79. The first-order valence-corrected chi connectivity index (χ1v) is 3.03. The highest BCUT2D eigenvalue weighted by Gasteiger charge is 2.51. The third-order valence-electron chi connectivity index (χ3n) is 2.26. The van der Waals surface area contributed by atoms with Crippen LogP contribution in [-0.2, 0) is 4.79 Å².